The molecule has 0 bridgehead atoms. The molecular weight excluding hydrogens is 344 g/mol. The summed E-state index contributed by atoms with van der Waals surface area (Å²) in [6.07, 6.45) is 1.66. The minimum Gasteiger partial charge on any atom is -0.293 e. The molecule has 0 spiro atoms. The number of ketones is 1. The van der Waals surface area contributed by atoms with Gasteiger partial charge in [-0.2, -0.15) is 0 Å². The zero-order chi connectivity index (χ0) is 14.5. The first-order valence-electron chi connectivity index (χ1n) is 5.59. The Morgan fingerprint density at radius 2 is 2.00 bits per heavy atom. The van der Waals surface area contributed by atoms with E-state index in [0.717, 1.165) is 9.50 Å². The molecule has 0 atom stereocenters. The number of rotatable bonds is 5. The third-order valence-corrected chi connectivity index (χ3v) is 4.37. The second kappa shape index (κ2) is 6.62. The first-order chi connectivity index (χ1) is 9.58. The van der Waals surface area contributed by atoms with Crippen LogP contribution < -0.4 is 0 Å². The van der Waals surface area contributed by atoms with Gasteiger partial charge in [-0.1, -0.05) is 11.8 Å². The number of nitro benzene ring substituents is 1. The standard InChI is InChI=1S/C13H9BrN2O3S/c14-11-2-1-7-15-13(11)20-8-12(17)9-3-5-10(6-4-9)16(18)19/h1-7H,8H2. The number of thioether (sulfide) groups is 1. The van der Waals surface area contributed by atoms with E-state index in [9.17, 15) is 14.9 Å². The molecular formula is C13H9BrN2O3S. The van der Waals surface area contributed by atoms with Gasteiger partial charge >= 0.3 is 0 Å². The average Bonchev–Trinajstić information content (AvgIpc) is 2.46. The maximum absolute atomic E-state index is 12.0. The van der Waals surface area contributed by atoms with E-state index < -0.39 is 4.92 Å². The number of non-ortho nitro benzene ring substituents is 1. The minimum atomic E-state index is -0.492. The van der Waals surface area contributed by atoms with Gasteiger partial charge in [0, 0.05) is 28.4 Å². The summed E-state index contributed by atoms with van der Waals surface area (Å²) in [6.45, 7) is 0. The zero-order valence-corrected chi connectivity index (χ0v) is 12.6. The number of aromatic nitrogens is 1. The van der Waals surface area contributed by atoms with Crippen LogP contribution in [0.25, 0.3) is 0 Å². The number of benzene rings is 1. The number of hydrogen-bond donors (Lipinski definition) is 0. The summed E-state index contributed by atoms with van der Waals surface area (Å²) in [5, 5.41) is 11.3. The first-order valence-corrected chi connectivity index (χ1v) is 7.37. The van der Waals surface area contributed by atoms with E-state index in [1.807, 2.05) is 6.07 Å². The fourth-order valence-electron chi connectivity index (χ4n) is 1.46. The molecule has 0 amide bonds. The van der Waals surface area contributed by atoms with Crippen LogP contribution in [0.5, 0.6) is 0 Å². The number of pyridine rings is 1. The lowest BCUT2D eigenvalue weighted by molar-refractivity contribution is -0.384. The van der Waals surface area contributed by atoms with Crippen LogP contribution in [0.4, 0.5) is 5.69 Å². The molecule has 0 aliphatic heterocycles. The third kappa shape index (κ3) is 3.64. The van der Waals surface area contributed by atoms with Gasteiger partial charge in [0.05, 0.1) is 10.7 Å². The number of halogens is 1. The third-order valence-electron chi connectivity index (χ3n) is 2.46. The molecule has 2 aromatic rings. The van der Waals surface area contributed by atoms with E-state index in [-0.39, 0.29) is 17.2 Å². The second-order valence-electron chi connectivity index (χ2n) is 3.81. The van der Waals surface area contributed by atoms with Gasteiger partial charge in [0.2, 0.25) is 0 Å². The highest BCUT2D eigenvalue weighted by Gasteiger charge is 2.11. The van der Waals surface area contributed by atoms with Gasteiger partial charge in [0.1, 0.15) is 5.03 Å². The van der Waals surface area contributed by atoms with Crippen molar-refractivity contribution in [2.45, 2.75) is 5.03 Å². The van der Waals surface area contributed by atoms with Crippen LogP contribution >= 0.6 is 27.7 Å². The quantitative estimate of drug-likeness (QED) is 0.354. The van der Waals surface area contributed by atoms with Crippen molar-refractivity contribution < 1.29 is 9.72 Å². The average molecular weight is 353 g/mol. The Morgan fingerprint density at radius 3 is 2.60 bits per heavy atom. The van der Waals surface area contributed by atoms with Crippen molar-refractivity contribution >= 4 is 39.2 Å². The summed E-state index contributed by atoms with van der Waals surface area (Å²) < 4.78 is 0.835. The Hall–Kier alpha value is -1.73. The molecule has 1 aromatic heterocycles. The number of nitrogens with zero attached hydrogens (tertiary/aromatic N) is 2. The Morgan fingerprint density at radius 1 is 1.30 bits per heavy atom. The van der Waals surface area contributed by atoms with Crippen molar-refractivity contribution in [2.75, 3.05) is 5.75 Å². The molecule has 0 saturated carbocycles. The van der Waals surface area contributed by atoms with Gasteiger partial charge in [-0.05, 0) is 40.2 Å². The number of nitro groups is 1. The van der Waals surface area contributed by atoms with E-state index in [1.54, 1.807) is 12.3 Å². The molecule has 0 fully saturated rings. The largest absolute Gasteiger partial charge is 0.293 e. The summed E-state index contributed by atoms with van der Waals surface area (Å²) in [5.74, 6) is 0.135. The Balaban J connectivity index is 2.02. The Labute approximate surface area is 127 Å². The highest BCUT2D eigenvalue weighted by Crippen LogP contribution is 2.25. The van der Waals surface area contributed by atoms with Crippen molar-refractivity contribution in [1.29, 1.82) is 0 Å². The summed E-state index contributed by atoms with van der Waals surface area (Å²) in [5.41, 5.74) is 0.428. The summed E-state index contributed by atoms with van der Waals surface area (Å²) in [6, 6.07) is 9.24. The molecule has 102 valence electrons. The predicted octanol–water partition coefficient (Wildman–Crippen LogP) is 3.73. The maximum Gasteiger partial charge on any atom is 0.269 e. The SMILES string of the molecule is O=C(CSc1ncccc1Br)c1ccc([N+](=O)[O-])cc1. The summed E-state index contributed by atoms with van der Waals surface area (Å²) >= 11 is 4.68. The van der Waals surface area contributed by atoms with Crippen LogP contribution in [0, 0.1) is 10.1 Å². The monoisotopic (exact) mass is 352 g/mol. The maximum atomic E-state index is 12.0. The number of carbonyl (C=O) groups is 1. The second-order valence-corrected chi connectivity index (χ2v) is 5.62. The molecule has 2 rings (SSSR count). The highest BCUT2D eigenvalue weighted by molar-refractivity contribution is 9.10. The molecule has 20 heavy (non-hydrogen) atoms. The smallest absolute Gasteiger partial charge is 0.269 e. The lowest BCUT2D eigenvalue weighted by atomic mass is 10.1. The minimum absolute atomic E-state index is 0.0262. The van der Waals surface area contributed by atoms with Crippen molar-refractivity contribution in [3.05, 3.63) is 62.7 Å². The van der Waals surface area contributed by atoms with Gasteiger partial charge in [-0.25, -0.2) is 4.98 Å². The molecule has 0 radical (unpaired) electrons. The molecule has 0 unspecified atom stereocenters. The normalized spacial score (nSPS) is 10.2. The van der Waals surface area contributed by atoms with E-state index in [4.69, 9.17) is 0 Å². The van der Waals surface area contributed by atoms with Gasteiger partial charge < -0.3 is 0 Å². The molecule has 1 heterocycles. The topological polar surface area (TPSA) is 73.1 Å². The van der Waals surface area contributed by atoms with Crippen molar-refractivity contribution in [3.8, 4) is 0 Å². The molecule has 0 saturated heterocycles. The van der Waals surface area contributed by atoms with Gasteiger partial charge in [0.25, 0.3) is 5.69 Å². The number of Topliss-reactive ketones (excluding diaryl/α,β-unsaturated/α-hetero) is 1. The van der Waals surface area contributed by atoms with Crippen LogP contribution in [-0.2, 0) is 0 Å². The first kappa shape index (κ1) is 14.7. The van der Waals surface area contributed by atoms with Crippen LogP contribution in [0.3, 0.4) is 0 Å². The van der Waals surface area contributed by atoms with E-state index in [0.29, 0.717) is 5.56 Å². The van der Waals surface area contributed by atoms with Gasteiger partial charge in [-0.15, -0.1) is 0 Å². The molecule has 0 N–H and O–H groups in total. The lowest BCUT2D eigenvalue weighted by Gasteiger charge is -2.02. The Bertz CT molecular complexity index is 646. The molecule has 0 aliphatic carbocycles. The van der Waals surface area contributed by atoms with E-state index in [2.05, 4.69) is 20.9 Å². The molecule has 0 aliphatic rings. The zero-order valence-electron chi connectivity index (χ0n) is 10.2. The Kier molecular flexibility index (Phi) is 4.86. The molecule has 1 aromatic carbocycles. The van der Waals surface area contributed by atoms with Gasteiger partial charge in [0.15, 0.2) is 5.78 Å². The van der Waals surface area contributed by atoms with Crippen molar-refractivity contribution in [2.24, 2.45) is 0 Å². The fourth-order valence-corrected chi connectivity index (χ4v) is 2.84. The van der Waals surface area contributed by atoms with Crippen LogP contribution in [-0.4, -0.2) is 21.4 Å². The number of carbonyl (C=O) groups excluding carboxylic acids is 1. The lowest BCUT2D eigenvalue weighted by Crippen LogP contribution is -2.03. The van der Waals surface area contributed by atoms with Gasteiger partial charge in [-0.3, -0.25) is 14.9 Å². The van der Waals surface area contributed by atoms with Crippen LogP contribution in [0.1, 0.15) is 10.4 Å². The van der Waals surface area contributed by atoms with E-state index in [1.165, 1.54) is 36.0 Å². The summed E-state index contributed by atoms with van der Waals surface area (Å²) in [4.78, 5) is 26.2. The van der Waals surface area contributed by atoms with Crippen molar-refractivity contribution in [3.63, 3.8) is 0 Å². The van der Waals surface area contributed by atoms with E-state index >= 15 is 0 Å². The summed E-state index contributed by atoms with van der Waals surface area (Å²) in [7, 11) is 0. The number of hydrogen-bond acceptors (Lipinski definition) is 5. The predicted molar refractivity (Wildman–Crippen MR) is 80.1 cm³/mol. The fraction of sp³-hybridized carbons (Fsp3) is 0.0769. The molecule has 7 heteroatoms. The van der Waals surface area contributed by atoms with Crippen LogP contribution in [0.2, 0.25) is 0 Å². The molecule has 5 nitrogen and oxygen atoms in total. The van der Waals surface area contributed by atoms with Crippen molar-refractivity contribution in [1.82, 2.24) is 4.98 Å². The highest BCUT2D eigenvalue weighted by atomic mass is 79.9. The van der Waals surface area contributed by atoms with Crippen LogP contribution in [0.15, 0.2) is 52.1 Å².